The van der Waals surface area contributed by atoms with Crippen molar-refractivity contribution < 1.29 is 27.5 Å². The molecule has 33 heavy (non-hydrogen) atoms. The zero-order chi connectivity index (χ0) is 23.7. The average Bonchev–Trinajstić information content (AvgIpc) is 2.82. The van der Waals surface area contributed by atoms with Crippen molar-refractivity contribution in [2.75, 3.05) is 11.1 Å². The predicted octanol–water partition coefficient (Wildman–Crippen LogP) is 4.52. The summed E-state index contributed by atoms with van der Waals surface area (Å²) in [4.78, 5) is 24.4. The van der Waals surface area contributed by atoms with Gasteiger partial charge in [0.2, 0.25) is 0 Å². The van der Waals surface area contributed by atoms with Crippen LogP contribution in [-0.4, -0.2) is 26.4 Å². The molecular weight excluding hydrogens is 444 g/mol. The molecule has 0 aliphatic heterocycles. The van der Waals surface area contributed by atoms with Crippen LogP contribution >= 0.6 is 0 Å². The number of para-hydroxylation sites is 1. The predicted molar refractivity (Wildman–Crippen MR) is 124 cm³/mol. The standard InChI is InChI=1S/C24H24N2O6S/c1-2-33(29,30)22-14-13-20(26-24(28)32-21-11-7-4-8-12-21)15-19(22)16-25-23(27)31-17-18-9-5-3-6-10-18/h3-15H,2,16-17H2,1H3,(H,25,27)(H,26,28). The molecule has 0 unspecified atom stereocenters. The number of anilines is 1. The van der Waals surface area contributed by atoms with E-state index < -0.39 is 22.0 Å². The first-order valence-electron chi connectivity index (χ1n) is 10.2. The molecule has 0 aromatic heterocycles. The van der Waals surface area contributed by atoms with E-state index in [4.69, 9.17) is 9.47 Å². The Kier molecular flexibility index (Phi) is 8.04. The lowest BCUT2D eigenvalue weighted by Gasteiger charge is -2.14. The number of hydrogen-bond donors (Lipinski definition) is 2. The van der Waals surface area contributed by atoms with E-state index in [1.807, 2.05) is 30.3 Å². The van der Waals surface area contributed by atoms with Gasteiger partial charge in [-0.25, -0.2) is 18.0 Å². The second-order valence-electron chi connectivity index (χ2n) is 6.97. The molecule has 2 N–H and O–H groups in total. The van der Waals surface area contributed by atoms with Crippen molar-refractivity contribution in [3.8, 4) is 5.75 Å². The topological polar surface area (TPSA) is 111 Å². The minimum absolute atomic E-state index is 0.0651. The quantitative estimate of drug-likeness (QED) is 0.503. The number of carbonyl (C=O) groups excluding carboxylic acids is 2. The van der Waals surface area contributed by atoms with E-state index in [1.54, 1.807) is 30.3 Å². The molecule has 8 nitrogen and oxygen atoms in total. The lowest BCUT2D eigenvalue weighted by molar-refractivity contribution is 0.139. The van der Waals surface area contributed by atoms with E-state index in [2.05, 4.69) is 10.6 Å². The zero-order valence-electron chi connectivity index (χ0n) is 18.0. The molecule has 3 rings (SSSR count). The second kappa shape index (κ2) is 11.1. The first-order chi connectivity index (χ1) is 15.9. The number of rotatable bonds is 8. The van der Waals surface area contributed by atoms with Crippen molar-refractivity contribution in [1.82, 2.24) is 5.32 Å². The summed E-state index contributed by atoms with van der Waals surface area (Å²) < 4.78 is 35.4. The van der Waals surface area contributed by atoms with E-state index in [0.717, 1.165) is 5.56 Å². The van der Waals surface area contributed by atoms with Crippen LogP contribution in [-0.2, 0) is 27.7 Å². The SMILES string of the molecule is CCS(=O)(=O)c1ccc(NC(=O)Oc2ccccc2)cc1CNC(=O)OCc1ccccc1. The summed E-state index contributed by atoms with van der Waals surface area (Å²) in [6.07, 6.45) is -1.42. The van der Waals surface area contributed by atoms with Crippen molar-refractivity contribution in [3.05, 3.63) is 90.0 Å². The Balaban J connectivity index is 1.69. The summed E-state index contributed by atoms with van der Waals surface area (Å²) in [5, 5.41) is 5.12. The smallest absolute Gasteiger partial charge is 0.417 e. The fourth-order valence-electron chi connectivity index (χ4n) is 2.93. The van der Waals surface area contributed by atoms with Crippen molar-refractivity contribution in [2.24, 2.45) is 0 Å². The van der Waals surface area contributed by atoms with Gasteiger partial charge in [-0.2, -0.15) is 0 Å². The Morgan fingerprint density at radius 2 is 1.55 bits per heavy atom. The number of benzene rings is 3. The van der Waals surface area contributed by atoms with Gasteiger partial charge in [0, 0.05) is 12.2 Å². The summed E-state index contributed by atoms with van der Waals surface area (Å²) in [5.74, 6) is 0.254. The highest BCUT2D eigenvalue weighted by molar-refractivity contribution is 7.91. The lowest BCUT2D eigenvalue weighted by Crippen LogP contribution is -2.25. The van der Waals surface area contributed by atoms with Crippen LogP contribution in [0.25, 0.3) is 0 Å². The van der Waals surface area contributed by atoms with E-state index in [0.29, 0.717) is 17.0 Å². The first-order valence-corrected chi connectivity index (χ1v) is 11.9. The fourth-order valence-corrected chi connectivity index (χ4v) is 4.05. The number of nitrogens with one attached hydrogen (secondary N) is 2. The number of sulfone groups is 1. The summed E-state index contributed by atoms with van der Waals surface area (Å²) in [6, 6.07) is 22.0. The Labute approximate surface area is 192 Å². The van der Waals surface area contributed by atoms with Crippen LogP contribution in [0.4, 0.5) is 15.3 Å². The van der Waals surface area contributed by atoms with Gasteiger partial charge in [-0.1, -0.05) is 55.5 Å². The number of carbonyl (C=O) groups is 2. The van der Waals surface area contributed by atoms with E-state index in [-0.39, 0.29) is 23.8 Å². The van der Waals surface area contributed by atoms with Crippen LogP contribution in [0.15, 0.2) is 83.8 Å². The van der Waals surface area contributed by atoms with Crippen LogP contribution in [0, 0.1) is 0 Å². The summed E-state index contributed by atoms with van der Waals surface area (Å²) in [5.41, 5.74) is 1.46. The van der Waals surface area contributed by atoms with Crippen LogP contribution in [0.2, 0.25) is 0 Å². The van der Waals surface area contributed by atoms with Crippen LogP contribution in [0.3, 0.4) is 0 Å². The maximum Gasteiger partial charge on any atom is 0.417 e. The van der Waals surface area contributed by atoms with Gasteiger partial charge >= 0.3 is 12.2 Å². The third kappa shape index (κ3) is 7.08. The fraction of sp³-hybridized carbons (Fsp3) is 0.167. The Hall–Kier alpha value is -3.85. The van der Waals surface area contributed by atoms with Crippen molar-refractivity contribution in [3.63, 3.8) is 0 Å². The van der Waals surface area contributed by atoms with Crippen LogP contribution in [0.5, 0.6) is 5.75 Å². The number of amides is 2. The van der Waals surface area contributed by atoms with Crippen molar-refractivity contribution in [1.29, 1.82) is 0 Å². The molecule has 0 aliphatic carbocycles. The molecule has 0 spiro atoms. The maximum absolute atomic E-state index is 12.5. The van der Waals surface area contributed by atoms with Crippen LogP contribution < -0.4 is 15.4 Å². The zero-order valence-corrected chi connectivity index (χ0v) is 18.8. The highest BCUT2D eigenvalue weighted by atomic mass is 32.2. The lowest BCUT2D eigenvalue weighted by atomic mass is 10.2. The monoisotopic (exact) mass is 468 g/mol. The summed E-state index contributed by atoms with van der Waals surface area (Å²) in [6.45, 7) is 1.51. The maximum atomic E-state index is 12.5. The van der Waals surface area contributed by atoms with Gasteiger partial charge in [0.25, 0.3) is 0 Å². The summed E-state index contributed by atoms with van der Waals surface area (Å²) in [7, 11) is -3.56. The van der Waals surface area contributed by atoms with Gasteiger partial charge < -0.3 is 14.8 Å². The Morgan fingerprint density at radius 1 is 0.879 bits per heavy atom. The highest BCUT2D eigenvalue weighted by Gasteiger charge is 2.18. The molecule has 3 aromatic carbocycles. The average molecular weight is 469 g/mol. The normalized spacial score (nSPS) is 10.8. The molecular formula is C24H24N2O6S. The number of ether oxygens (including phenoxy) is 2. The largest absolute Gasteiger partial charge is 0.445 e. The second-order valence-corrected chi connectivity index (χ2v) is 9.22. The first kappa shape index (κ1) is 23.8. The minimum Gasteiger partial charge on any atom is -0.445 e. The molecule has 9 heteroatoms. The Morgan fingerprint density at radius 3 is 2.21 bits per heavy atom. The molecule has 0 heterocycles. The molecule has 3 aromatic rings. The van der Waals surface area contributed by atoms with Crippen LogP contribution in [0.1, 0.15) is 18.1 Å². The summed E-state index contributed by atoms with van der Waals surface area (Å²) >= 11 is 0. The van der Waals surface area contributed by atoms with Gasteiger partial charge in [0.1, 0.15) is 12.4 Å². The van der Waals surface area contributed by atoms with Crippen molar-refractivity contribution in [2.45, 2.75) is 25.0 Å². The molecule has 0 saturated carbocycles. The Bertz CT molecular complexity index is 1200. The van der Waals surface area contributed by atoms with E-state index in [1.165, 1.54) is 25.1 Å². The van der Waals surface area contributed by atoms with Crippen molar-refractivity contribution >= 4 is 27.7 Å². The molecule has 0 radical (unpaired) electrons. The highest BCUT2D eigenvalue weighted by Crippen LogP contribution is 2.22. The van der Waals surface area contributed by atoms with Gasteiger partial charge in [0.15, 0.2) is 9.84 Å². The third-order valence-corrected chi connectivity index (χ3v) is 6.44. The molecule has 0 atom stereocenters. The van der Waals surface area contributed by atoms with Gasteiger partial charge in [0.05, 0.1) is 10.6 Å². The number of alkyl carbamates (subject to hydrolysis) is 1. The third-order valence-electron chi connectivity index (χ3n) is 4.61. The molecule has 0 saturated heterocycles. The molecule has 172 valence electrons. The van der Waals surface area contributed by atoms with Gasteiger partial charge in [-0.05, 0) is 41.5 Å². The van der Waals surface area contributed by atoms with Gasteiger partial charge in [-0.3, -0.25) is 5.32 Å². The van der Waals surface area contributed by atoms with E-state index >= 15 is 0 Å². The van der Waals surface area contributed by atoms with Gasteiger partial charge in [-0.15, -0.1) is 0 Å². The number of hydrogen-bond acceptors (Lipinski definition) is 6. The van der Waals surface area contributed by atoms with E-state index in [9.17, 15) is 18.0 Å². The molecule has 2 amide bonds. The molecule has 0 aliphatic rings. The minimum atomic E-state index is -3.56. The molecule has 0 fully saturated rings. The molecule has 0 bridgehead atoms.